The molecule has 0 aliphatic heterocycles. The zero-order valence-electron chi connectivity index (χ0n) is 14.5. The zero-order chi connectivity index (χ0) is 18.4. The van der Waals surface area contributed by atoms with Crippen LogP contribution in [-0.2, 0) is 14.3 Å². The highest BCUT2D eigenvalue weighted by Gasteiger charge is 2.40. The Bertz CT molecular complexity index is 625. The van der Waals surface area contributed by atoms with Crippen molar-refractivity contribution in [2.45, 2.75) is 32.2 Å². The summed E-state index contributed by atoms with van der Waals surface area (Å²) in [5.74, 6) is -0.982. The largest absolute Gasteiger partial charge is 0.497 e. The lowest BCUT2D eigenvalue weighted by Gasteiger charge is -2.37. The Hall–Kier alpha value is -1.82. The maximum absolute atomic E-state index is 13.2. The summed E-state index contributed by atoms with van der Waals surface area (Å²) < 4.78 is 23.4. The van der Waals surface area contributed by atoms with Gasteiger partial charge in [-0.2, -0.15) is 0 Å². The van der Waals surface area contributed by atoms with Crippen LogP contribution >= 0.6 is 11.6 Å². The van der Waals surface area contributed by atoms with Crippen LogP contribution in [0.3, 0.4) is 0 Å². The first-order valence-electron chi connectivity index (χ1n) is 8.40. The van der Waals surface area contributed by atoms with Gasteiger partial charge >= 0.3 is 5.97 Å². The molecule has 138 valence electrons. The highest BCUT2D eigenvalue weighted by Crippen LogP contribution is 2.35. The zero-order valence-corrected chi connectivity index (χ0v) is 15.2. The molecule has 0 heterocycles. The van der Waals surface area contributed by atoms with Gasteiger partial charge in [0.15, 0.2) is 5.78 Å². The number of hydrogen-bond donors (Lipinski definition) is 0. The Morgan fingerprint density at radius 1 is 1.40 bits per heavy atom. The average molecular weight is 372 g/mol. The van der Waals surface area contributed by atoms with E-state index in [1.807, 2.05) is 0 Å². The molecule has 0 saturated heterocycles. The average Bonchev–Trinajstić information content (AvgIpc) is 2.61. The Balaban J connectivity index is 2.33. The quantitative estimate of drug-likeness (QED) is 0.543. The highest BCUT2D eigenvalue weighted by atomic mass is 35.5. The van der Waals surface area contributed by atoms with Crippen LogP contribution in [0.1, 0.15) is 26.2 Å². The standard InChI is InChI=1S/C18H23ClFNO4/c1-3-25-18(23)13-5-4-6-15(17(13)22)21(10-9-20)16-11-12(24-2)7-8-14(16)19/h7-8,11,13,15H,3-6,9-10H2,1-2H3. The van der Waals surface area contributed by atoms with Crippen molar-refractivity contribution >= 4 is 29.0 Å². The van der Waals surface area contributed by atoms with E-state index in [1.165, 1.54) is 7.11 Å². The van der Waals surface area contributed by atoms with Crippen LogP contribution in [0.25, 0.3) is 0 Å². The van der Waals surface area contributed by atoms with E-state index in [9.17, 15) is 14.0 Å². The molecular weight excluding hydrogens is 349 g/mol. The monoisotopic (exact) mass is 371 g/mol. The minimum Gasteiger partial charge on any atom is -0.497 e. The van der Waals surface area contributed by atoms with Crippen molar-refractivity contribution in [2.75, 3.05) is 31.8 Å². The first-order chi connectivity index (χ1) is 12.0. The van der Waals surface area contributed by atoms with Crippen molar-refractivity contribution in [3.63, 3.8) is 0 Å². The smallest absolute Gasteiger partial charge is 0.316 e. The minimum atomic E-state index is -0.801. The Kier molecular flexibility index (Phi) is 7.05. The summed E-state index contributed by atoms with van der Waals surface area (Å²) in [6.07, 6.45) is 1.69. The number of alkyl halides is 1. The molecule has 1 fully saturated rings. The molecular formula is C18H23ClFNO4. The number of halogens is 2. The van der Waals surface area contributed by atoms with Crippen LogP contribution in [-0.4, -0.2) is 44.7 Å². The number of ether oxygens (including phenoxy) is 2. The van der Waals surface area contributed by atoms with Crippen LogP contribution in [0.15, 0.2) is 18.2 Å². The van der Waals surface area contributed by atoms with Gasteiger partial charge in [-0.1, -0.05) is 11.6 Å². The predicted molar refractivity (Wildman–Crippen MR) is 94.1 cm³/mol. The number of carbonyl (C=O) groups excluding carboxylic acids is 2. The Labute approximate surface area is 152 Å². The fourth-order valence-corrected chi connectivity index (χ4v) is 3.42. The summed E-state index contributed by atoms with van der Waals surface area (Å²) in [4.78, 5) is 26.6. The van der Waals surface area contributed by atoms with Crippen LogP contribution in [0.2, 0.25) is 5.02 Å². The highest BCUT2D eigenvalue weighted by molar-refractivity contribution is 6.33. The van der Waals surface area contributed by atoms with Crippen molar-refractivity contribution in [2.24, 2.45) is 5.92 Å². The van der Waals surface area contributed by atoms with Gasteiger partial charge in [-0.15, -0.1) is 0 Å². The van der Waals surface area contributed by atoms with E-state index in [1.54, 1.807) is 30.0 Å². The molecule has 2 rings (SSSR count). The Morgan fingerprint density at radius 3 is 2.80 bits per heavy atom. The van der Waals surface area contributed by atoms with Crippen LogP contribution < -0.4 is 9.64 Å². The number of methoxy groups -OCH3 is 1. The van der Waals surface area contributed by atoms with E-state index in [4.69, 9.17) is 21.1 Å². The second-order valence-electron chi connectivity index (χ2n) is 5.85. The van der Waals surface area contributed by atoms with E-state index < -0.39 is 24.6 Å². The number of carbonyl (C=O) groups is 2. The molecule has 25 heavy (non-hydrogen) atoms. The van der Waals surface area contributed by atoms with Gasteiger partial charge in [0.05, 0.1) is 30.5 Å². The van der Waals surface area contributed by atoms with Gasteiger partial charge in [-0.25, -0.2) is 4.39 Å². The van der Waals surface area contributed by atoms with Gasteiger partial charge in [0.25, 0.3) is 0 Å². The topological polar surface area (TPSA) is 55.8 Å². The third-order valence-corrected chi connectivity index (χ3v) is 4.70. The van der Waals surface area contributed by atoms with Gasteiger partial charge in [0.2, 0.25) is 0 Å². The van der Waals surface area contributed by atoms with Gasteiger partial charge < -0.3 is 14.4 Å². The number of benzene rings is 1. The summed E-state index contributed by atoms with van der Waals surface area (Å²) in [5, 5.41) is 0.403. The molecule has 1 aliphatic rings. The molecule has 0 radical (unpaired) electrons. The molecule has 2 atom stereocenters. The SMILES string of the molecule is CCOC(=O)C1CCCC(N(CCF)c2cc(OC)ccc2Cl)C1=O. The molecule has 0 N–H and O–H groups in total. The van der Waals surface area contributed by atoms with Crippen molar-refractivity contribution in [3.05, 3.63) is 23.2 Å². The summed E-state index contributed by atoms with van der Waals surface area (Å²) in [6.45, 7) is 1.30. The number of nitrogens with zero attached hydrogens (tertiary/aromatic N) is 1. The maximum Gasteiger partial charge on any atom is 0.316 e. The summed E-state index contributed by atoms with van der Waals surface area (Å²) in [5.41, 5.74) is 0.529. The summed E-state index contributed by atoms with van der Waals surface area (Å²) >= 11 is 6.28. The summed E-state index contributed by atoms with van der Waals surface area (Å²) in [6, 6.07) is 4.42. The maximum atomic E-state index is 13.2. The fourth-order valence-electron chi connectivity index (χ4n) is 3.19. The molecule has 0 aromatic heterocycles. The third-order valence-electron chi connectivity index (χ3n) is 4.38. The molecule has 7 heteroatoms. The second kappa shape index (κ2) is 9.04. The molecule has 0 amide bonds. The van der Waals surface area contributed by atoms with E-state index in [2.05, 4.69) is 0 Å². The molecule has 1 aromatic carbocycles. The van der Waals surface area contributed by atoms with E-state index in [-0.39, 0.29) is 18.9 Å². The minimum absolute atomic E-state index is 0.0127. The van der Waals surface area contributed by atoms with Gasteiger partial charge in [0, 0.05) is 12.6 Å². The van der Waals surface area contributed by atoms with Crippen LogP contribution in [0.5, 0.6) is 5.75 Å². The van der Waals surface area contributed by atoms with Gasteiger partial charge in [-0.3, -0.25) is 9.59 Å². The van der Waals surface area contributed by atoms with Gasteiger partial charge in [-0.05, 0) is 38.3 Å². The number of ketones is 1. The number of esters is 1. The molecule has 0 bridgehead atoms. The van der Waals surface area contributed by atoms with E-state index in [0.29, 0.717) is 35.7 Å². The van der Waals surface area contributed by atoms with Crippen molar-refractivity contribution < 1.29 is 23.5 Å². The van der Waals surface area contributed by atoms with Crippen molar-refractivity contribution in [1.82, 2.24) is 0 Å². The number of rotatable bonds is 7. The normalized spacial score (nSPS) is 20.2. The third kappa shape index (κ3) is 4.42. The fraction of sp³-hybridized carbons (Fsp3) is 0.556. The van der Waals surface area contributed by atoms with E-state index in [0.717, 1.165) is 0 Å². The first kappa shape index (κ1) is 19.5. The van der Waals surface area contributed by atoms with Crippen LogP contribution in [0, 0.1) is 5.92 Å². The summed E-state index contributed by atoms with van der Waals surface area (Å²) in [7, 11) is 1.52. The lowest BCUT2D eigenvalue weighted by Crippen LogP contribution is -2.49. The molecule has 1 aliphatic carbocycles. The molecule has 1 saturated carbocycles. The molecule has 1 aromatic rings. The lowest BCUT2D eigenvalue weighted by atomic mass is 9.83. The first-order valence-corrected chi connectivity index (χ1v) is 8.77. The van der Waals surface area contributed by atoms with Gasteiger partial charge in [0.1, 0.15) is 18.3 Å². The van der Waals surface area contributed by atoms with Crippen molar-refractivity contribution in [1.29, 1.82) is 0 Å². The number of hydrogen-bond acceptors (Lipinski definition) is 5. The Morgan fingerprint density at radius 2 is 2.16 bits per heavy atom. The molecule has 2 unspecified atom stereocenters. The number of anilines is 1. The lowest BCUT2D eigenvalue weighted by molar-refractivity contribution is -0.153. The van der Waals surface area contributed by atoms with E-state index >= 15 is 0 Å². The predicted octanol–water partition coefficient (Wildman–Crippen LogP) is 3.43. The second-order valence-corrected chi connectivity index (χ2v) is 6.26. The molecule has 0 spiro atoms. The molecule has 5 nitrogen and oxygen atoms in total. The van der Waals surface area contributed by atoms with Crippen molar-refractivity contribution in [3.8, 4) is 5.75 Å². The van der Waals surface area contributed by atoms with Crippen LogP contribution in [0.4, 0.5) is 10.1 Å². The number of Topliss-reactive ketones (excluding diaryl/α,β-unsaturated/α-hetero) is 1.